The number of allylic oxidation sites excluding steroid dienone is 2. The first-order valence-electron chi connectivity index (χ1n) is 11.4. The number of unbranched alkanes of at least 4 members (excludes halogenated alkanes) is 2. The molecule has 0 aromatic heterocycles. The molecule has 0 spiro atoms. The van der Waals surface area contributed by atoms with Crippen LogP contribution in [0.3, 0.4) is 0 Å². The summed E-state index contributed by atoms with van der Waals surface area (Å²) in [6.07, 6.45) is 8.82. The van der Waals surface area contributed by atoms with Gasteiger partial charge in [0.25, 0.3) is 10.1 Å². The van der Waals surface area contributed by atoms with Gasteiger partial charge in [-0.15, -0.1) is 0 Å². The Labute approximate surface area is 198 Å². The second-order valence-electron chi connectivity index (χ2n) is 8.01. The highest BCUT2D eigenvalue weighted by Crippen LogP contribution is 2.16. The average molecular weight is 465 g/mol. The minimum Gasteiger partial charge on any atom is -0.489 e. The van der Waals surface area contributed by atoms with Crippen molar-refractivity contribution in [2.75, 3.05) is 6.61 Å². The third kappa shape index (κ3) is 8.87. The van der Waals surface area contributed by atoms with E-state index >= 15 is 0 Å². The second kappa shape index (κ2) is 13.0. The Kier molecular flexibility index (Phi) is 9.73. The molecule has 0 radical (unpaired) electrons. The molecule has 33 heavy (non-hydrogen) atoms. The van der Waals surface area contributed by atoms with Gasteiger partial charge in [0.2, 0.25) is 0 Å². The number of benzene rings is 3. The predicted octanol–water partition coefficient (Wildman–Crippen LogP) is 6.64. The average Bonchev–Trinajstić information content (AvgIpc) is 2.83. The van der Waals surface area contributed by atoms with Gasteiger partial charge in [-0.1, -0.05) is 72.3 Å². The van der Waals surface area contributed by atoms with Crippen molar-refractivity contribution >= 4 is 10.1 Å². The van der Waals surface area contributed by atoms with Crippen LogP contribution in [0.5, 0.6) is 5.75 Å². The van der Waals surface area contributed by atoms with E-state index in [-0.39, 0.29) is 11.5 Å². The van der Waals surface area contributed by atoms with E-state index in [1.165, 1.54) is 5.56 Å². The van der Waals surface area contributed by atoms with Gasteiger partial charge in [0.15, 0.2) is 0 Å². The first-order valence-corrected chi connectivity index (χ1v) is 12.8. The third-order valence-electron chi connectivity index (χ3n) is 5.25. The monoisotopic (exact) mass is 464 g/mol. The van der Waals surface area contributed by atoms with Crippen LogP contribution in [0.2, 0.25) is 0 Å². The van der Waals surface area contributed by atoms with E-state index in [0.717, 1.165) is 42.6 Å². The van der Waals surface area contributed by atoms with Gasteiger partial charge in [-0.25, -0.2) is 0 Å². The van der Waals surface area contributed by atoms with E-state index < -0.39 is 10.1 Å². The summed E-state index contributed by atoms with van der Waals surface area (Å²) in [5.41, 5.74) is 3.46. The van der Waals surface area contributed by atoms with E-state index in [4.69, 9.17) is 8.92 Å². The number of hydrogen-bond acceptors (Lipinski definition) is 4. The molecule has 3 aromatic carbocycles. The van der Waals surface area contributed by atoms with Crippen LogP contribution in [0.25, 0.3) is 0 Å². The van der Waals surface area contributed by atoms with E-state index in [1.54, 1.807) is 24.3 Å². The zero-order chi connectivity index (χ0) is 23.4. The van der Waals surface area contributed by atoms with Crippen molar-refractivity contribution in [1.82, 2.24) is 0 Å². The predicted molar refractivity (Wildman–Crippen MR) is 133 cm³/mol. The maximum Gasteiger partial charge on any atom is 0.296 e. The van der Waals surface area contributed by atoms with Crippen molar-refractivity contribution in [2.24, 2.45) is 0 Å². The first-order chi connectivity index (χ1) is 16.0. The van der Waals surface area contributed by atoms with Gasteiger partial charge in [-0.2, -0.15) is 8.42 Å². The van der Waals surface area contributed by atoms with Crippen molar-refractivity contribution in [2.45, 2.75) is 50.5 Å². The van der Waals surface area contributed by atoms with Crippen LogP contribution in [0.4, 0.5) is 0 Å². The Morgan fingerprint density at radius 3 is 2.18 bits per heavy atom. The van der Waals surface area contributed by atoms with Crippen LogP contribution < -0.4 is 4.74 Å². The minimum atomic E-state index is -3.66. The molecule has 0 unspecified atom stereocenters. The Hall–Kier alpha value is -2.89. The summed E-state index contributed by atoms with van der Waals surface area (Å²) in [5, 5.41) is 0. The quantitative estimate of drug-likeness (QED) is 0.162. The molecule has 3 rings (SSSR count). The molecule has 0 amide bonds. The molecule has 3 aromatic rings. The van der Waals surface area contributed by atoms with E-state index in [0.29, 0.717) is 13.0 Å². The highest BCUT2D eigenvalue weighted by molar-refractivity contribution is 7.86. The molecule has 0 fully saturated rings. The molecule has 4 nitrogen and oxygen atoms in total. The normalized spacial score (nSPS) is 11.7. The van der Waals surface area contributed by atoms with Crippen LogP contribution in [0.15, 0.2) is 95.9 Å². The fourth-order valence-corrected chi connectivity index (χ4v) is 4.23. The lowest BCUT2D eigenvalue weighted by Gasteiger charge is -2.07. The van der Waals surface area contributed by atoms with E-state index in [2.05, 4.69) is 36.4 Å². The largest absolute Gasteiger partial charge is 0.489 e. The second-order valence-corrected chi connectivity index (χ2v) is 9.63. The summed E-state index contributed by atoms with van der Waals surface area (Å²) >= 11 is 0. The minimum absolute atomic E-state index is 0.211. The fraction of sp³-hybridized carbons (Fsp3) is 0.286. The molecule has 0 aliphatic heterocycles. The van der Waals surface area contributed by atoms with Crippen LogP contribution in [-0.4, -0.2) is 15.0 Å². The number of aryl methyl sites for hydroxylation is 2. The molecule has 5 heteroatoms. The number of hydrogen-bond donors (Lipinski definition) is 0. The summed E-state index contributed by atoms with van der Waals surface area (Å²) in [5.74, 6) is 0.879. The van der Waals surface area contributed by atoms with Crippen molar-refractivity contribution < 1.29 is 17.3 Å². The van der Waals surface area contributed by atoms with Gasteiger partial charge < -0.3 is 4.74 Å². The standard InChI is InChI=1S/C28H32O4S/c1-24-14-20-28(21-15-24)33(29,30)32-22-10-5-3-2-4-7-11-25-16-18-27(19-17-25)31-23-26-12-8-6-9-13-26/h2,4,6,8-9,12-21H,3,5,7,10-11,22-23H2,1H3/b4-2+. The molecule has 174 valence electrons. The van der Waals surface area contributed by atoms with Gasteiger partial charge in [0.05, 0.1) is 11.5 Å². The summed E-state index contributed by atoms with van der Waals surface area (Å²) in [6.45, 7) is 2.71. The van der Waals surface area contributed by atoms with Gasteiger partial charge in [-0.05, 0) is 74.4 Å². The molecule has 0 heterocycles. The zero-order valence-electron chi connectivity index (χ0n) is 19.2. The lowest BCUT2D eigenvalue weighted by Crippen LogP contribution is -2.07. The highest BCUT2D eigenvalue weighted by Gasteiger charge is 2.14. The van der Waals surface area contributed by atoms with Crippen LogP contribution in [0, 0.1) is 6.92 Å². The summed E-state index contributed by atoms with van der Waals surface area (Å²) in [6, 6.07) is 25.1. The summed E-state index contributed by atoms with van der Waals surface area (Å²) in [7, 11) is -3.66. The van der Waals surface area contributed by atoms with Crippen LogP contribution in [-0.2, 0) is 27.3 Å². The van der Waals surface area contributed by atoms with E-state index in [9.17, 15) is 8.42 Å². The van der Waals surface area contributed by atoms with Crippen molar-refractivity contribution in [3.8, 4) is 5.75 Å². The Morgan fingerprint density at radius 2 is 1.45 bits per heavy atom. The molecule has 0 aliphatic rings. The first kappa shape index (κ1) is 24.7. The van der Waals surface area contributed by atoms with E-state index in [1.807, 2.05) is 37.3 Å². The number of ether oxygens (including phenoxy) is 1. The maximum atomic E-state index is 12.1. The molecule has 0 aliphatic carbocycles. The van der Waals surface area contributed by atoms with Gasteiger partial charge in [0.1, 0.15) is 12.4 Å². The molecular formula is C28H32O4S. The number of rotatable bonds is 13. The Morgan fingerprint density at radius 1 is 0.758 bits per heavy atom. The van der Waals surface area contributed by atoms with Gasteiger partial charge in [-0.3, -0.25) is 4.18 Å². The fourth-order valence-electron chi connectivity index (χ4n) is 3.28. The smallest absolute Gasteiger partial charge is 0.296 e. The molecule has 0 saturated carbocycles. The van der Waals surface area contributed by atoms with Crippen LogP contribution in [0.1, 0.15) is 42.4 Å². The molecule has 0 saturated heterocycles. The lowest BCUT2D eigenvalue weighted by molar-refractivity contribution is 0.306. The van der Waals surface area contributed by atoms with Crippen LogP contribution >= 0.6 is 0 Å². The zero-order valence-corrected chi connectivity index (χ0v) is 20.0. The Balaban J connectivity index is 1.26. The van der Waals surface area contributed by atoms with Crippen molar-refractivity contribution in [3.05, 3.63) is 108 Å². The van der Waals surface area contributed by atoms with Gasteiger partial charge in [0, 0.05) is 0 Å². The van der Waals surface area contributed by atoms with Gasteiger partial charge >= 0.3 is 0 Å². The topological polar surface area (TPSA) is 52.6 Å². The summed E-state index contributed by atoms with van der Waals surface area (Å²) < 4.78 is 35.2. The maximum absolute atomic E-state index is 12.1. The lowest BCUT2D eigenvalue weighted by atomic mass is 10.1. The van der Waals surface area contributed by atoms with Crippen molar-refractivity contribution in [3.63, 3.8) is 0 Å². The SMILES string of the molecule is Cc1ccc(S(=O)(=O)OCCCC/C=C/CCc2ccc(OCc3ccccc3)cc2)cc1. The highest BCUT2D eigenvalue weighted by atomic mass is 32.2. The van der Waals surface area contributed by atoms with Crippen molar-refractivity contribution in [1.29, 1.82) is 0 Å². The molecule has 0 N–H and O–H groups in total. The summed E-state index contributed by atoms with van der Waals surface area (Å²) in [4.78, 5) is 0.212. The molecule has 0 atom stereocenters. The third-order valence-corrected chi connectivity index (χ3v) is 6.58. The molecule has 0 bridgehead atoms. The Bertz CT molecular complexity index is 1090. The molecular weight excluding hydrogens is 432 g/mol.